The summed E-state index contributed by atoms with van der Waals surface area (Å²) in [4.78, 5) is 50.8. The van der Waals surface area contributed by atoms with Gasteiger partial charge in [0.05, 0.1) is 16.7 Å². The minimum absolute atomic E-state index is 0.138. The summed E-state index contributed by atoms with van der Waals surface area (Å²) in [7, 11) is 0. The molecule has 0 aromatic carbocycles. The zero-order valence-electron chi connectivity index (χ0n) is 18.4. The summed E-state index contributed by atoms with van der Waals surface area (Å²) in [5.74, 6) is -4.52. The van der Waals surface area contributed by atoms with E-state index < -0.39 is 94.2 Å². The third-order valence-electron chi connectivity index (χ3n) is 8.99. The van der Waals surface area contributed by atoms with E-state index in [1.54, 1.807) is 6.92 Å². The van der Waals surface area contributed by atoms with Crippen molar-refractivity contribution in [3.63, 3.8) is 0 Å². The van der Waals surface area contributed by atoms with E-state index in [-0.39, 0.29) is 6.42 Å². The van der Waals surface area contributed by atoms with Crippen LogP contribution in [0.3, 0.4) is 0 Å². The second kappa shape index (κ2) is 5.47. The molecular formula is C22H26O10. The van der Waals surface area contributed by atoms with Gasteiger partial charge in [0, 0.05) is 18.8 Å². The molecule has 2 aliphatic carbocycles. The van der Waals surface area contributed by atoms with Crippen LogP contribution in [0, 0.1) is 34.0 Å². The number of rotatable bonds is 1. The molecular weight excluding hydrogens is 424 g/mol. The maximum atomic E-state index is 13.6. The summed E-state index contributed by atoms with van der Waals surface area (Å²) >= 11 is 0. The zero-order valence-corrected chi connectivity index (χ0v) is 18.4. The normalized spacial score (nSPS) is 54.5. The summed E-state index contributed by atoms with van der Waals surface area (Å²) in [5.41, 5.74) is -4.96. The SMILES string of the molecule is CC(=O)O[C@H]1[C@H]2OC(=O)[C@@]34O[C@H]5OC(=O)[C@H](O)[C@]5([C@@H]1C(C)(C)C)[C@]23C[C@@H]1OC(=O)[C@@H](C)[C@@H]14. The van der Waals surface area contributed by atoms with Crippen molar-refractivity contribution in [1.29, 1.82) is 0 Å². The van der Waals surface area contributed by atoms with Gasteiger partial charge in [-0.2, -0.15) is 0 Å². The fraction of sp³-hybridized carbons (Fsp3) is 0.818. The molecule has 1 N–H and O–H groups in total. The molecule has 4 saturated heterocycles. The Labute approximate surface area is 183 Å². The molecule has 2 saturated carbocycles. The topological polar surface area (TPSA) is 135 Å². The maximum Gasteiger partial charge on any atom is 0.340 e. The quantitative estimate of drug-likeness (QED) is 0.432. The number of hydrogen-bond acceptors (Lipinski definition) is 10. The smallest absolute Gasteiger partial charge is 0.340 e. The minimum Gasteiger partial charge on any atom is -0.462 e. The molecule has 10 nitrogen and oxygen atoms in total. The van der Waals surface area contributed by atoms with Crippen molar-refractivity contribution in [2.45, 2.75) is 77.3 Å². The van der Waals surface area contributed by atoms with Crippen molar-refractivity contribution in [1.82, 2.24) is 0 Å². The minimum atomic E-state index is -1.65. The first kappa shape index (κ1) is 20.4. The highest BCUT2D eigenvalue weighted by atomic mass is 16.7. The molecule has 0 radical (unpaired) electrons. The molecule has 0 aromatic heterocycles. The number of ether oxygens (including phenoxy) is 5. The molecule has 2 spiro atoms. The van der Waals surface area contributed by atoms with Crippen molar-refractivity contribution in [3.8, 4) is 0 Å². The van der Waals surface area contributed by atoms with Gasteiger partial charge in [-0.1, -0.05) is 27.7 Å². The van der Waals surface area contributed by atoms with Gasteiger partial charge in [0.2, 0.25) is 6.29 Å². The highest BCUT2D eigenvalue weighted by Gasteiger charge is 2.99. The molecule has 10 heteroatoms. The van der Waals surface area contributed by atoms with E-state index in [1.165, 1.54) is 6.92 Å². The van der Waals surface area contributed by atoms with Gasteiger partial charge >= 0.3 is 23.9 Å². The van der Waals surface area contributed by atoms with Crippen LogP contribution in [0.2, 0.25) is 0 Å². The first-order chi connectivity index (χ1) is 14.9. The lowest BCUT2D eigenvalue weighted by Gasteiger charge is -2.46. The van der Waals surface area contributed by atoms with Gasteiger partial charge in [0.15, 0.2) is 11.7 Å². The Morgan fingerprint density at radius 2 is 1.81 bits per heavy atom. The molecule has 6 aliphatic rings. The van der Waals surface area contributed by atoms with Crippen LogP contribution in [-0.2, 0) is 42.9 Å². The van der Waals surface area contributed by atoms with Crippen LogP contribution in [0.1, 0.15) is 41.0 Å². The van der Waals surface area contributed by atoms with Crippen LogP contribution in [0.5, 0.6) is 0 Å². The Hall–Kier alpha value is -2.20. The number of fused-ring (bicyclic) bond motifs is 1. The van der Waals surface area contributed by atoms with E-state index >= 15 is 0 Å². The van der Waals surface area contributed by atoms with E-state index in [0.29, 0.717) is 0 Å². The van der Waals surface area contributed by atoms with Gasteiger partial charge in [-0.25, -0.2) is 9.59 Å². The number of esters is 4. The highest BCUT2D eigenvalue weighted by Crippen LogP contribution is 2.84. The van der Waals surface area contributed by atoms with Gasteiger partial charge in [-0.05, 0) is 11.8 Å². The Morgan fingerprint density at radius 1 is 1.12 bits per heavy atom. The van der Waals surface area contributed by atoms with Crippen molar-refractivity contribution in [3.05, 3.63) is 0 Å². The fourth-order valence-corrected chi connectivity index (χ4v) is 8.53. The number of hydrogen-bond donors (Lipinski definition) is 1. The Morgan fingerprint density at radius 3 is 2.44 bits per heavy atom. The van der Waals surface area contributed by atoms with Gasteiger partial charge in [-0.15, -0.1) is 0 Å². The monoisotopic (exact) mass is 450 g/mol. The second-order valence-electron chi connectivity index (χ2n) is 11.2. The summed E-state index contributed by atoms with van der Waals surface area (Å²) in [6, 6.07) is 0. The standard InChI is InChI=1S/C22H26O10/c1-7-10-9(29-15(7)25)6-20-14-11(28-8(2)23)12(19(3,4)5)21(20)13(24)16(26)31-18(21)32-22(10,20)17(27)30-14/h7,9-14,18,24H,6H2,1-5H3/t7-,9-,10-,11+,12-,13-,14+,18+,20-,21-,22+/m0/s1. The molecule has 4 aliphatic heterocycles. The highest BCUT2D eigenvalue weighted by molar-refractivity contribution is 5.91. The fourth-order valence-electron chi connectivity index (χ4n) is 8.53. The van der Waals surface area contributed by atoms with Crippen LogP contribution >= 0.6 is 0 Å². The first-order valence-corrected chi connectivity index (χ1v) is 11.0. The van der Waals surface area contributed by atoms with Crippen LogP contribution in [0.25, 0.3) is 0 Å². The largest absolute Gasteiger partial charge is 0.462 e. The molecule has 0 unspecified atom stereocenters. The molecule has 4 heterocycles. The summed E-state index contributed by atoms with van der Waals surface area (Å²) < 4.78 is 29.2. The Balaban J connectivity index is 1.67. The molecule has 6 fully saturated rings. The van der Waals surface area contributed by atoms with Gasteiger partial charge in [0.1, 0.15) is 18.3 Å². The van der Waals surface area contributed by atoms with Crippen molar-refractivity contribution in [2.75, 3.05) is 0 Å². The number of carbonyl (C=O) groups excluding carboxylic acids is 4. The Bertz CT molecular complexity index is 984. The van der Waals surface area contributed by atoms with Gasteiger partial charge in [-0.3, -0.25) is 9.59 Å². The van der Waals surface area contributed by atoms with E-state index in [0.717, 1.165) is 0 Å². The molecule has 0 aromatic rings. The van der Waals surface area contributed by atoms with E-state index in [1.807, 2.05) is 20.8 Å². The van der Waals surface area contributed by atoms with Crippen LogP contribution in [0.4, 0.5) is 0 Å². The summed E-state index contributed by atoms with van der Waals surface area (Å²) in [6.07, 6.45) is -5.29. The molecule has 11 atom stereocenters. The molecule has 0 amide bonds. The van der Waals surface area contributed by atoms with Crippen LogP contribution in [-0.4, -0.2) is 65.3 Å². The lowest BCUT2D eigenvalue weighted by Crippen LogP contribution is -2.59. The van der Waals surface area contributed by atoms with Crippen molar-refractivity contribution >= 4 is 23.9 Å². The lowest BCUT2D eigenvalue weighted by molar-refractivity contribution is -0.207. The number of aliphatic hydroxyl groups excluding tert-OH is 1. The lowest BCUT2D eigenvalue weighted by atomic mass is 9.52. The molecule has 174 valence electrons. The third-order valence-corrected chi connectivity index (χ3v) is 8.99. The zero-order chi connectivity index (χ0) is 23.2. The first-order valence-electron chi connectivity index (χ1n) is 11.0. The summed E-state index contributed by atoms with van der Waals surface area (Å²) in [5, 5.41) is 11.4. The van der Waals surface area contributed by atoms with Gasteiger partial charge < -0.3 is 28.8 Å². The summed E-state index contributed by atoms with van der Waals surface area (Å²) in [6.45, 7) is 8.67. The van der Waals surface area contributed by atoms with E-state index in [2.05, 4.69) is 0 Å². The van der Waals surface area contributed by atoms with Crippen molar-refractivity contribution in [2.24, 2.45) is 34.0 Å². The second-order valence-corrected chi connectivity index (χ2v) is 11.2. The Kier molecular flexibility index (Phi) is 3.49. The van der Waals surface area contributed by atoms with Crippen LogP contribution < -0.4 is 0 Å². The predicted octanol–water partition coefficient (Wildman–Crippen LogP) is 0.0864. The molecule has 6 rings (SSSR count). The average molecular weight is 450 g/mol. The van der Waals surface area contributed by atoms with Crippen LogP contribution in [0.15, 0.2) is 0 Å². The van der Waals surface area contributed by atoms with Gasteiger partial charge in [0.25, 0.3) is 0 Å². The molecule has 32 heavy (non-hydrogen) atoms. The van der Waals surface area contributed by atoms with E-state index in [4.69, 9.17) is 23.7 Å². The van der Waals surface area contributed by atoms with E-state index in [9.17, 15) is 24.3 Å². The predicted molar refractivity (Wildman–Crippen MR) is 100 cm³/mol. The third kappa shape index (κ3) is 1.72. The van der Waals surface area contributed by atoms with Crippen molar-refractivity contribution < 1.29 is 48.0 Å². The number of carbonyl (C=O) groups is 4. The molecule has 0 bridgehead atoms. The number of aliphatic hydroxyl groups is 1. The average Bonchev–Trinajstić information content (AvgIpc) is 3.37. The maximum absolute atomic E-state index is 13.6.